The van der Waals surface area contributed by atoms with Crippen molar-refractivity contribution in [2.45, 2.75) is 36.3 Å². The van der Waals surface area contributed by atoms with Crippen molar-refractivity contribution in [3.8, 4) is 0 Å². The second-order valence-electron chi connectivity index (χ2n) is 7.98. The Hall–Kier alpha value is -3.00. The van der Waals surface area contributed by atoms with Crippen LogP contribution in [0.1, 0.15) is 36.3 Å². The molecule has 2 aromatic rings. The van der Waals surface area contributed by atoms with Gasteiger partial charge in [0.2, 0.25) is 0 Å². The molecule has 0 amide bonds. The van der Waals surface area contributed by atoms with Gasteiger partial charge in [-0.2, -0.15) is 13.2 Å². The lowest BCUT2D eigenvalue weighted by Crippen LogP contribution is -2.37. The molecule has 2 aromatic carbocycles. The first kappa shape index (κ1) is 23.2. The number of carboxylic acid groups (broad SMARTS) is 1. The van der Waals surface area contributed by atoms with Crippen molar-refractivity contribution in [2.24, 2.45) is 0 Å². The molecule has 1 atom stereocenters. The number of hydrogen-bond acceptors (Lipinski definition) is 4. The Kier molecular flexibility index (Phi) is 6.38. The maximum Gasteiger partial charge on any atom is 0.416 e. The van der Waals surface area contributed by atoms with Gasteiger partial charge in [0.25, 0.3) is 0 Å². The van der Waals surface area contributed by atoms with Crippen LogP contribution in [-0.4, -0.2) is 34.6 Å². The largest absolute Gasteiger partial charge is 0.478 e. The number of nitrogens with zero attached hydrogens (tertiary/aromatic N) is 1. The molecule has 0 fully saturated rings. The average Bonchev–Trinajstić information content (AvgIpc) is 2.78. The smallest absolute Gasteiger partial charge is 0.416 e. The molecule has 0 saturated heterocycles. The van der Waals surface area contributed by atoms with Gasteiger partial charge in [-0.05, 0) is 36.6 Å². The molecular weight excluding hydrogens is 451 g/mol. The first-order valence-corrected chi connectivity index (χ1v) is 11.5. The van der Waals surface area contributed by atoms with Gasteiger partial charge in [-0.3, -0.25) is 4.79 Å². The van der Waals surface area contributed by atoms with Gasteiger partial charge in [0.15, 0.2) is 5.78 Å². The molecule has 1 heterocycles. The van der Waals surface area contributed by atoms with Crippen LogP contribution >= 0.6 is 11.8 Å². The van der Waals surface area contributed by atoms with E-state index in [0.717, 1.165) is 11.0 Å². The molecule has 0 saturated carbocycles. The number of thioether (sulfide) groups is 1. The van der Waals surface area contributed by atoms with E-state index < -0.39 is 23.6 Å². The minimum atomic E-state index is -4.68. The summed E-state index contributed by atoms with van der Waals surface area (Å²) in [5, 5.41) is 10.2. The number of Topliss-reactive ketones (excluding diaryl/α,β-unsaturated/α-hetero) is 1. The summed E-state index contributed by atoms with van der Waals surface area (Å²) < 4.78 is 41.8. The zero-order valence-corrected chi connectivity index (χ0v) is 18.7. The fraction of sp³-hybridized carbons (Fsp3) is 0.280. The van der Waals surface area contributed by atoms with Gasteiger partial charge >= 0.3 is 12.1 Å². The second kappa shape index (κ2) is 9.09. The van der Waals surface area contributed by atoms with Crippen LogP contribution in [0.4, 0.5) is 13.2 Å². The number of carbonyl (C=O) groups excluding carboxylic acids is 1. The number of benzene rings is 2. The van der Waals surface area contributed by atoms with E-state index in [0.29, 0.717) is 24.2 Å². The summed E-state index contributed by atoms with van der Waals surface area (Å²) in [6, 6.07) is 14.3. The summed E-state index contributed by atoms with van der Waals surface area (Å²) in [4.78, 5) is 28.1. The number of rotatable bonds is 5. The van der Waals surface area contributed by atoms with Gasteiger partial charge in [0.05, 0.1) is 11.1 Å². The van der Waals surface area contributed by atoms with E-state index in [-0.39, 0.29) is 34.7 Å². The number of allylic oxidation sites excluding steroid dienone is 2. The molecule has 4 rings (SSSR count). The lowest BCUT2D eigenvalue weighted by atomic mass is 9.73. The molecule has 0 bridgehead atoms. The van der Waals surface area contributed by atoms with E-state index in [1.807, 2.05) is 30.3 Å². The van der Waals surface area contributed by atoms with Crippen LogP contribution in [0.15, 0.2) is 82.0 Å². The fourth-order valence-corrected chi connectivity index (χ4v) is 5.59. The van der Waals surface area contributed by atoms with Crippen LogP contribution in [-0.2, 0) is 15.8 Å². The third-order valence-electron chi connectivity index (χ3n) is 6.05. The van der Waals surface area contributed by atoms with Crippen LogP contribution in [0.25, 0.3) is 0 Å². The standard InChI is InChI=1S/C25H22F3NO3S/c1-29-18-12-7-13-20(30)22(18)21(16-10-5-6-11-17(16)25(26,27)28)23(24(31)32)19(29)14-33-15-8-3-2-4-9-15/h2-6,8-11,21H,7,12-14H2,1H3,(H,31,32). The Bertz CT molecular complexity index is 1150. The highest BCUT2D eigenvalue weighted by molar-refractivity contribution is 7.99. The van der Waals surface area contributed by atoms with Crippen LogP contribution in [0, 0.1) is 0 Å². The molecule has 8 heteroatoms. The van der Waals surface area contributed by atoms with Gasteiger partial charge in [0, 0.05) is 47.0 Å². The number of alkyl halides is 3. The fourth-order valence-electron chi connectivity index (χ4n) is 4.58. The number of halogens is 3. The van der Waals surface area contributed by atoms with Gasteiger partial charge in [-0.25, -0.2) is 4.79 Å². The predicted molar refractivity (Wildman–Crippen MR) is 120 cm³/mol. The molecule has 1 N–H and O–H groups in total. The number of carboxylic acids is 1. The molecule has 1 aliphatic carbocycles. The predicted octanol–water partition coefficient (Wildman–Crippen LogP) is 5.87. The number of hydrogen-bond donors (Lipinski definition) is 1. The monoisotopic (exact) mass is 473 g/mol. The molecule has 33 heavy (non-hydrogen) atoms. The van der Waals surface area contributed by atoms with E-state index >= 15 is 0 Å². The van der Waals surface area contributed by atoms with E-state index in [1.165, 1.54) is 30.0 Å². The van der Waals surface area contributed by atoms with E-state index in [4.69, 9.17) is 0 Å². The highest BCUT2D eigenvalue weighted by atomic mass is 32.2. The minimum Gasteiger partial charge on any atom is -0.478 e. The van der Waals surface area contributed by atoms with Crippen molar-refractivity contribution < 1.29 is 27.9 Å². The molecule has 4 nitrogen and oxygen atoms in total. The average molecular weight is 474 g/mol. The lowest BCUT2D eigenvalue weighted by molar-refractivity contribution is -0.139. The van der Waals surface area contributed by atoms with E-state index in [9.17, 15) is 27.9 Å². The zero-order chi connectivity index (χ0) is 23.8. The lowest BCUT2D eigenvalue weighted by Gasteiger charge is -2.40. The molecule has 0 aromatic heterocycles. The molecule has 0 radical (unpaired) electrons. The van der Waals surface area contributed by atoms with Crippen LogP contribution in [0.2, 0.25) is 0 Å². The summed E-state index contributed by atoms with van der Waals surface area (Å²) in [5.74, 6) is -2.64. The van der Waals surface area contributed by atoms with Gasteiger partial charge in [-0.1, -0.05) is 36.4 Å². The van der Waals surface area contributed by atoms with Crippen molar-refractivity contribution >= 4 is 23.5 Å². The third kappa shape index (κ3) is 4.44. The maximum atomic E-state index is 13.9. The van der Waals surface area contributed by atoms with Crippen molar-refractivity contribution in [2.75, 3.05) is 12.8 Å². The van der Waals surface area contributed by atoms with Gasteiger partial charge < -0.3 is 10.0 Å². The summed E-state index contributed by atoms with van der Waals surface area (Å²) in [6.45, 7) is 0. The summed E-state index contributed by atoms with van der Waals surface area (Å²) in [5.41, 5.74) is -0.0920. The Morgan fingerprint density at radius 3 is 2.42 bits per heavy atom. The Balaban J connectivity index is 1.92. The first-order chi connectivity index (χ1) is 15.7. The number of carbonyl (C=O) groups is 2. The molecule has 0 spiro atoms. The SMILES string of the molecule is CN1C(CSc2ccccc2)=C(C(=O)O)C(c2ccccc2C(F)(F)F)C2=C1CCCC2=O. The Labute approximate surface area is 193 Å². The molecule has 2 aliphatic rings. The summed E-state index contributed by atoms with van der Waals surface area (Å²) in [6.07, 6.45) is -3.40. The van der Waals surface area contributed by atoms with Crippen LogP contribution < -0.4 is 0 Å². The molecule has 172 valence electrons. The summed E-state index contributed by atoms with van der Waals surface area (Å²) in [7, 11) is 1.70. The molecule has 1 aliphatic heterocycles. The first-order valence-electron chi connectivity index (χ1n) is 10.5. The van der Waals surface area contributed by atoms with Crippen molar-refractivity contribution in [3.63, 3.8) is 0 Å². The minimum absolute atomic E-state index is 0.173. The topological polar surface area (TPSA) is 57.6 Å². The number of ketones is 1. The zero-order valence-electron chi connectivity index (χ0n) is 17.9. The van der Waals surface area contributed by atoms with E-state index in [2.05, 4.69) is 0 Å². The third-order valence-corrected chi connectivity index (χ3v) is 7.08. The molecular formula is C25H22F3NO3S. The van der Waals surface area contributed by atoms with Gasteiger partial charge in [-0.15, -0.1) is 11.8 Å². The Morgan fingerprint density at radius 2 is 1.76 bits per heavy atom. The highest BCUT2D eigenvalue weighted by Gasteiger charge is 2.45. The normalized spacial score (nSPS) is 19.1. The quantitative estimate of drug-likeness (QED) is 0.550. The second-order valence-corrected chi connectivity index (χ2v) is 9.03. The van der Waals surface area contributed by atoms with Crippen molar-refractivity contribution in [1.29, 1.82) is 0 Å². The maximum absolute atomic E-state index is 13.9. The van der Waals surface area contributed by atoms with Crippen molar-refractivity contribution in [3.05, 3.63) is 88.3 Å². The van der Waals surface area contributed by atoms with Crippen LogP contribution in [0.5, 0.6) is 0 Å². The number of aliphatic carboxylic acids is 1. The van der Waals surface area contributed by atoms with Crippen molar-refractivity contribution in [1.82, 2.24) is 4.90 Å². The van der Waals surface area contributed by atoms with Crippen LogP contribution in [0.3, 0.4) is 0 Å². The summed E-state index contributed by atoms with van der Waals surface area (Å²) >= 11 is 1.41. The molecule has 1 unspecified atom stereocenters. The highest BCUT2D eigenvalue weighted by Crippen LogP contribution is 2.49. The van der Waals surface area contributed by atoms with E-state index in [1.54, 1.807) is 11.9 Å². The van der Waals surface area contributed by atoms with Gasteiger partial charge in [0.1, 0.15) is 0 Å². The Morgan fingerprint density at radius 1 is 1.09 bits per heavy atom.